The second-order valence-electron chi connectivity index (χ2n) is 12.3. The van der Waals surface area contributed by atoms with E-state index in [4.69, 9.17) is 28.4 Å². The van der Waals surface area contributed by atoms with Crippen molar-refractivity contribution in [3.05, 3.63) is 119 Å². The van der Waals surface area contributed by atoms with Crippen molar-refractivity contribution in [1.29, 1.82) is 0 Å². The summed E-state index contributed by atoms with van der Waals surface area (Å²) in [6.45, 7) is 4.86. The number of ether oxygens (including phenoxy) is 6. The maximum absolute atomic E-state index is 7.49. The SMILES string of the molecule is CCCCC1(OCC)c2cc(OC)ccc2-c2c1c1c(c3cc(OC)ccc23)OC(c2ccc(OC)cc2)(c2ccc(OC)cc2)C=C1. The van der Waals surface area contributed by atoms with E-state index in [1.54, 1.807) is 28.4 Å². The molecule has 6 heteroatoms. The van der Waals surface area contributed by atoms with Crippen molar-refractivity contribution in [1.82, 2.24) is 0 Å². The van der Waals surface area contributed by atoms with E-state index in [1.165, 1.54) is 5.56 Å². The summed E-state index contributed by atoms with van der Waals surface area (Å²) in [4.78, 5) is 0. The molecule has 0 radical (unpaired) electrons. The van der Waals surface area contributed by atoms with Gasteiger partial charge < -0.3 is 28.4 Å². The van der Waals surface area contributed by atoms with E-state index < -0.39 is 11.2 Å². The molecule has 0 amide bonds. The fraction of sp³-hybridized carbons (Fsp3) is 0.286. The third-order valence-corrected chi connectivity index (χ3v) is 9.90. The van der Waals surface area contributed by atoms with Crippen LogP contribution in [0.5, 0.6) is 28.7 Å². The number of methoxy groups -OCH3 is 4. The fourth-order valence-corrected chi connectivity index (χ4v) is 7.59. The Morgan fingerprint density at radius 3 is 1.81 bits per heavy atom. The molecule has 1 atom stereocenters. The molecule has 246 valence electrons. The van der Waals surface area contributed by atoms with Crippen molar-refractivity contribution in [2.75, 3.05) is 35.0 Å². The molecule has 5 aromatic carbocycles. The zero-order valence-corrected chi connectivity index (χ0v) is 28.5. The van der Waals surface area contributed by atoms with E-state index in [0.29, 0.717) is 6.61 Å². The molecule has 48 heavy (non-hydrogen) atoms. The van der Waals surface area contributed by atoms with Crippen LogP contribution in [0.3, 0.4) is 0 Å². The van der Waals surface area contributed by atoms with Crippen LogP contribution in [0.1, 0.15) is 60.9 Å². The molecule has 7 rings (SSSR count). The molecule has 1 aliphatic carbocycles. The van der Waals surface area contributed by atoms with Crippen LogP contribution >= 0.6 is 0 Å². The minimum absolute atomic E-state index is 0.557. The average molecular weight is 643 g/mol. The summed E-state index contributed by atoms with van der Waals surface area (Å²) in [5.41, 5.74) is 5.94. The summed E-state index contributed by atoms with van der Waals surface area (Å²) in [5.74, 6) is 3.92. The monoisotopic (exact) mass is 642 g/mol. The number of unbranched alkanes of at least 4 members (excludes halogenated alkanes) is 1. The first-order valence-electron chi connectivity index (χ1n) is 16.6. The quantitative estimate of drug-likeness (QED) is 0.143. The maximum atomic E-state index is 7.49. The summed E-state index contributed by atoms with van der Waals surface area (Å²) < 4.78 is 37.1. The highest BCUT2D eigenvalue weighted by molar-refractivity contribution is 6.09. The van der Waals surface area contributed by atoms with Crippen LogP contribution in [-0.4, -0.2) is 35.0 Å². The van der Waals surface area contributed by atoms with Gasteiger partial charge in [-0.3, -0.25) is 0 Å². The van der Waals surface area contributed by atoms with Crippen molar-refractivity contribution >= 4 is 16.8 Å². The van der Waals surface area contributed by atoms with Crippen LogP contribution < -0.4 is 23.7 Å². The lowest BCUT2D eigenvalue weighted by Crippen LogP contribution is -2.36. The van der Waals surface area contributed by atoms with Crippen LogP contribution in [0.15, 0.2) is 91.0 Å². The van der Waals surface area contributed by atoms with Crippen molar-refractivity contribution in [3.63, 3.8) is 0 Å². The van der Waals surface area contributed by atoms with Gasteiger partial charge in [-0.1, -0.05) is 56.2 Å². The van der Waals surface area contributed by atoms with Gasteiger partial charge in [-0.05, 0) is 96.1 Å². The van der Waals surface area contributed by atoms with Crippen molar-refractivity contribution in [3.8, 4) is 39.9 Å². The van der Waals surface area contributed by atoms with Gasteiger partial charge >= 0.3 is 0 Å². The predicted octanol–water partition coefficient (Wildman–Crippen LogP) is 9.67. The third-order valence-electron chi connectivity index (χ3n) is 9.90. The van der Waals surface area contributed by atoms with Gasteiger partial charge in [-0.2, -0.15) is 0 Å². The Morgan fingerprint density at radius 1 is 0.646 bits per heavy atom. The van der Waals surface area contributed by atoms with Gasteiger partial charge in [0.05, 0.1) is 28.4 Å². The van der Waals surface area contributed by atoms with Crippen molar-refractivity contribution in [2.24, 2.45) is 0 Å². The predicted molar refractivity (Wildman–Crippen MR) is 191 cm³/mol. The highest BCUT2D eigenvalue weighted by Crippen LogP contribution is 2.61. The van der Waals surface area contributed by atoms with Gasteiger partial charge in [0, 0.05) is 34.2 Å². The van der Waals surface area contributed by atoms with Gasteiger partial charge in [-0.25, -0.2) is 0 Å². The zero-order valence-electron chi connectivity index (χ0n) is 28.5. The Labute approximate surface area is 282 Å². The minimum atomic E-state index is -0.942. The lowest BCUT2D eigenvalue weighted by Gasteiger charge is -2.39. The summed E-state index contributed by atoms with van der Waals surface area (Å²) in [6, 6.07) is 28.9. The summed E-state index contributed by atoms with van der Waals surface area (Å²) in [5, 5.41) is 2.06. The molecule has 5 aromatic rings. The lowest BCUT2D eigenvalue weighted by atomic mass is 9.78. The fourth-order valence-electron chi connectivity index (χ4n) is 7.59. The first-order valence-corrected chi connectivity index (χ1v) is 16.6. The molecule has 1 aliphatic heterocycles. The maximum Gasteiger partial charge on any atom is 0.178 e. The van der Waals surface area contributed by atoms with Gasteiger partial charge in [-0.15, -0.1) is 0 Å². The molecule has 6 nitrogen and oxygen atoms in total. The Hall–Kier alpha value is -4.94. The summed E-state index contributed by atoms with van der Waals surface area (Å²) in [6.07, 6.45) is 7.30. The molecular weight excluding hydrogens is 600 g/mol. The van der Waals surface area contributed by atoms with Crippen LogP contribution in [-0.2, 0) is 15.9 Å². The first-order chi connectivity index (χ1) is 23.5. The van der Waals surface area contributed by atoms with E-state index in [0.717, 1.165) is 92.2 Å². The van der Waals surface area contributed by atoms with E-state index in [9.17, 15) is 0 Å². The molecule has 0 spiro atoms. The minimum Gasteiger partial charge on any atom is -0.497 e. The second-order valence-corrected chi connectivity index (χ2v) is 12.3. The topological polar surface area (TPSA) is 55.4 Å². The highest BCUT2D eigenvalue weighted by Gasteiger charge is 2.49. The van der Waals surface area contributed by atoms with Crippen LogP contribution in [0.4, 0.5) is 0 Å². The smallest absolute Gasteiger partial charge is 0.178 e. The van der Waals surface area contributed by atoms with Gasteiger partial charge in [0.15, 0.2) is 5.60 Å². The molecule has 0 bridgehead atoms. The van der Waals surface area contributed by atoms with E-state index >= 15 is 0 Å². The zero-order chi connectivity index (χ0) is 33.5. The molecule has 1 heterocycles. The molecule has 0 saturated carbocycles. The molecular formula is C42H42O6. The van der Waals surface area contributed by atoms with Gasteiger partial charge in [0.1, 0.15) is 34.3 Å². The highest BCUT2D eigenvalue weighted by atomic mass is 16.5. The average Bonchev–Trinajstić information content (AvgIpc) is 3.43. The van der Waals surface area contributed by atoms with E-state index in [1.807, 2.05) is 36.4 Å². The van der Waals surface area contributed by atoms with Crippen molar-refractivity contribution < 1.29 is 28.4 Å². The number of rotatable bonds is 11. The molecule has 1 unspecified atom stereocenters. The standard InChI is InChI=1S/C42H42O6/c1-7-9-23-42(47-8-2)37-26-32(46-6)19-21-34(37)38-33-20-18-31(45-5)25-36(33)40-35(39(38)42)22-24-41(48-40,27-10-14-29(43-3)15-11-27)28-12-16-30(44-4)17-13-28/h10-22,24-26H,7-9,23H2,1-6H3. The summed E-state index contributed by atoms with van der Waals surface area (Å²) in [7, 11) is 6.78. The van der Waals surface area contributed by atoms with Gasteiger partial charge in [0.2, 0.25) is 0 Å². The molecule has 0 N–H and O–H groups in total. The largest absolute Gasteiger partial charge is 0.497 e. The van der Waals surface area contributed by atoms with E-state index in [-0.39, 0.29) is 0 Å². The molecule has 0 fully saturated rings. The Balaban J connectivity index is 1.57. The summed E-state index contributed by atoms with van der Waals surface area (Å²) >= 11 is 0. The lowest BCUT2D eigenvalue weighted by molar-refractivity contribution is -0.0162. The second kappa shape index (κ2) is 12.6. The molecule has 0 aromatic heterocycles. The number of benzene rings is 5. The van der Waals surface area contributed by atoms with Gasteiger partial charge in [0.25, 0.3) is 0 Å². The Kier molecular flexibility index (Phi) is 8.30. The molecule has 2 aliphatic rings. The van der Waals surface area contributed by atoms with Crippen LogP contribution in [0, 0.1) is 0 Å². The van der Waals surface area contributed by atoms with Crippen molar-refractivity contribution in [2.45, 2.75) is 44.3 Å². The Morgan fingerprint density at radius 2 is 1.23 bits per heavy atom. The Bertz CT molecular complexity index is 1950. The third kappa shape index (κ3) is 4.81. The number of hydrogen-bond donors (Lipinski definition) is 0. The van der Waals surface area contributed by atoms with Crippen LogP contribution in [0.25, 0.3) is 28.0 Å². The van der Waals surface area contributed by atoms with E-state index in [2.05, 4.69) is 74.5 Å². The van der Waals surface area contributed by atoms with Crippen LogP contribution in [0.2, 0.25) is 0 Å². The molecule has 0 saturated heterocycles. The normalized spacial score (nSPS) is 16.9. The number of fused-ring (bicyclic) bond motifs is 8. The number of hydrogen-bond acceptors (Lipinski definition) is 6. The first kappa shape index (κ1) is 31.6.